The molecule has 0 saturated carbocycles. The van der Waals surface area contributed by atoms with Crippen molar-refractivity contribution >= 4 is 57.6 Å². The Balaban J connectivity index is 1.36. The number of aryl methyl sites for hydroxylation is 1. The number of nitrogens with zero attached hydrogens (tertiary/aromatic N) is 2. The molecule has 4 aromatic carbocycles. The average Bonchev–Trinajstić information content (AvgIpc) is 2.92. The van der Waals surface area contributed by atoms with Gasteiger partial charge in [-0.25, -0.2) is 0 Å². The smallest absolute Gasteiger partial charge is 0.261 e. The monoisotopic (exact) mass is 556 g/mol. The highest BCUT2D eigenvalue weighted by molar-refractivity contribution is 6.34. The summed E-state index contributed by atoms with van der Waals surface area (Å²) in [6.07, 6.45) is 0.948. The fraction of sp³-hybridized carbons (Fsp3) is 0.161. The van der Waals surface area contributed by atoms with E-state index in [1.165, 1.54) is 9.80 Å². The second-order valence-corrected chi connectivity index (χ2v) is 10.7. The number of benzene rings is 4. The average molecular weight is 557 g/mol. The number of hydrogen-bond acceptors (Lipinski definition) is 4. The number of carbonyl (C=O) groups is 4. The highest BCUT2D eigenvalue weighted by Crippen LogP contribution is 2.39. The topological polar surface area (TPSA) is 74.8 Å². The lowest BCUT2D eigenvalue weighted by Gasteiger charge is -2.33. The summed E-state index contributed by atoms with van der Waals surface area (Å²) in [4.78, 5) is 56.7. The highest BCUT2D eigenvalue weighted by atomic mass is 35.5. The summed E-state index contributed by atoms with van der Waals surface area (Å²) in [5, 5.41) is 1.99. The van der Waals surface area contributed by atoms with Crippen LogP contribution in [-0.2, 0) is 12.8 Å². The molecule has 0 aliphatic carbocycles. The van der Waals surface area contributed by atoms with Gasteiger partial charge in [0.15, 0.2) is 0 Å². The van der Waals surface area contributed by atoms with E-state index < -0.39 is 23.6 Å². The molecule has 2 aliphatic heterocycles. The van der Waals surface area contributed by atoms with E-state index in [1.807, 2.05) is 24.3 Å². The zero-order valence-electron chi connectivity index (χ0n) is 21.0. The van der Waals surface area contributed by atoms with Crippen LogP contribution in [0.4, 0.5) is 0 Å². The first kappa shape index (κ1) is 25.3. The normalized spacial score (nSPS) is 14.5. The van der Waals surface area contributed by atoms with E-state index in [9.17, 15) is 19.2 Å². The molecular weight excluding hydrogens is 535 g/mol. The first-order valence-electron chi connectivity index (χ1n) is 12.6. The molecule has 0 unspecified atom stereocenters. The van der Waals surface area contributed by atoms with Gasteiger partial charge in [-0.1, -0.05) is 47.5 Å². The van der Waals surface area contributed by atoms with Crippen LogP contribution in [-0.4, -0.2) is 46.5 Å². The molecule has 0 fully saturated rings. The molecule has 2 heterocycles. The Kier molecular flexibility index (Phi) is 6.25. The second-order valence-electron chi connectivity index (χ2n) is 9.80. The summed E-state index contributed by atoms with van der Waals surface area (Å²) >= 11 is 11.9. The molecule has 6 rings (SSSR count). The minimum absolute atomic E-state index is 0.194. The molecule has 0 bridgehead atoms. The lowest BCUT2D eigenvalue weighted by atomic mass is 9.83. The largest absolute Gasteiger partial charge is 0.274 e. The van der Waals surface area contributed by atoms with Crippen molar-refractivity contribution < 1.29 is 19.2 Å². The van der Waals surface area contributed by atoms with Gasteiger partial charge in [0, 0.05) is 50.6 Å². The maximum absolute atomic E-state index is 13.6. The van der Waals surface area contributed by atoms with Gasteiger partial charge >= 0.3 is 0 Å². The van der Waals surface area contributed by atoms with Crippen molar-refractivity contribution in [1.29, 1.82) is 0 Å². The van der Waals surface area contributed by atoms with E-state index in [-0.39, 0.29) is 13.1 Å². The van der Waals surface area contributed by atoms with Gasteiger partial charge in [-0.05, 0) is 78.9 Å². The molecule has 39 heavy (non-hydrogen) atoms. The second kappa shape index (κ2) is 9.63. The minimum Gasteiger partial charge on any atom is -0.274 e. The van der Waals surface area contributed by atoms with Gasteiger partial charge in [0.05, 0.1) is 5.56 Å². The van der Waals surface area contributed by atoms with Crippen LogP contribution in [0.5, 0.6) is 0 Å². The Hall–Kier alpha value is -4.00. The van der Waals surface area contributed by atoms with Crippen LogP contribution in [0.2, 0.25) is 10.0 Å². The molecule has 0 spiro atoms. The molecule has 0 atom stereocenters. The Morgan fingerprint density at radius 2 is 1.00 bits per heavy atom. The number of carbonyl (C=O) groups excluding carboxylic acids is 4. The maximum atomic E-state index is 13.6. The first-order chi connectivity index (χ1) is 18.7. The Labute approximate surface area is 234 Å². The van der Waals surface area contributed by atoms with Gasteiger partial charge in [0.25, 0.3) is 23.6 Å². The van der Waals surface area contributed by atoms with Crippen molar-refractivity contribution in [2.75, 3.05) is 13.1 Å². The number of rotatable bonds is 6. The van der Waals surface area contributed by atoms with Gasteiger partial charge in [-0.15, -0.1) is 0 Å². The summed E-state index contributed by atoms with van der Waals surface area (Å²) in [6, 6.07) is 19.4. The van der Waals surface area contributed by atoms with Crippen LogP contribution >= 0.6 is 23.2 Å². The zero-order chi connectivity index (χ0) is 27.4. The van der Waals surface area contributed by atoms with Crippen molar-refractivity contribution in [1.82, 2.24) is 9.80 Å². The van der Waals surface area contributed by atoms with Gasteiger partial charge in [0.1, 0.15) is 0 Å². The fourth-order valence-corrected chi connectivity index (χ4v) is 5.70. The van der Waals surface area contributed by atoms with Crippen molar-refractivity contribution in [2.45, 2.75) is 19.8 Å². The summed E-state index contributed by atoms with van der Waals surface area (Å²) in [5.74, 6) is -1.73. The van der Waals surface area contributed by atoms with Crippen molar-refractivity contribution in [3.8, 4) is 0 Å². The van der Waals surface area contributed by atoms with Gasteiger partial charge in [0.2, 0.25) is 0 Å². The van der Waals surface area contributed by atoms with Crippen LogP contribution in [0, 0.1) is 6.92 Å². The molecule has 0 N–H and O–H groups in total. The molecule has 0 radical (unpaired) electrons. The van der Waals surface area contributed by atoms with Crippen LogP contribution in [0.25, 0.3) is 10.8 Å². The summed E-state index contributed by atoms with van der Waals surface area (Å²) < 4.78 is 0. The SMILES string of the molecule is Cc1cc2c3c(ccc4c3c1C(=O)N(CCc1ccc(Cl)cc1)C4=O)C(=O)N(CCc1ccc(Cl)cc1)C2=O. The van der Waals surface area contributed by atoms with E-state index in [2.05, 4.69) is 0 Å². The molecule has 0 saturated heterocycles. The van der Waals surface area contributed by atoms with Crippen LogP contribution in [0.15, 0.2) is 66.7 Å². The number of halogens is 2. The van der Waals surface area contributed by atoms with E-state index in [0.29, 0.717) is 61.5 Å². The number of hydrogen-bond donors (Lipinski definition) is 0. The maximum Gasteiger partial charge on any atom is 0.261 e. The lowest BCUT2D eigenvalue weighted by Crippen LogP contribution is -2.44. The van der Waals surface area contributed by atoms with E-state index in [1.54, 1.807) is 49.4 Å². The quantitative estimate of drug-likeness (QED) is 0.267. The molecule has 8 heteroatoms. The third-order valence-corrected chi connectivity index (χ3v) is 7.94. The molecule has 4 amide bonds. The minimum atomic E-state index is -0.437. The Morgan fingerprint density at radius 3 is 1.51 bits per heavy atom. The van der Waals surface area contributed by atoms with E-state index >= 15 is 0 Å². The number of amides is 4. The Bertz CT molecular complexity index is 1710. The fourth-order valence-electron chi connectivity index (χ4n) is 5.45. The number of imide groups is 2. The summed E-state index contributed by atoms with van der Waals surface area (Å²) in [6.45, 7) is 2.15. The van der Waals surface area contributed by atoms with Gasteiger partial charge < -0.3 is 0 Å². The predicted octanol–water partition coefficient (Wildman–Crippen LogP) is 6.13. The zero-order valence-corrected chi connectivity index (χ0v) is 22.5. The van der Waals surface area contributed by atoms with E-state index in [4.69, 9.17) is 23.2 Å². The van der Waals surface area contributed by atoms with Crippen LogP contribution in [0.1, 0.15) is 58.1 Å². The third-order valence-electron chi connectivity index (χ3n) is 7.44. The summed E-state index contributed by atoms with van der Waals surface area (Å²) in [7, 11) is 0. The van der Waals surface area contributed by atoms with Crippen molar-refractivity contribution in [2.24, 2.45) is 0 Å². The lowest BCUT2D eigenvalue weighted by molar-refractivity contribution is 0.0590. The molecule has 4 aromatic rings. The molecule has 194 valence electrons. The summed E-state index contributed by atoms with van der Waals surface area (Å²) in [5.41, 5.74) is 3.80. The highest BCUT2D eigenvalue weighted by Gasteiger charge is 2.40. The predicted molar refractivity (Wildman–Crippen MR) is 150 cm³/mol. The molecule has 0 aromatic heterocycles. The Morgan fingerprint density at radius 1 is 0.564 bits per heavy atom. The standard InChI is InChI=1S/C31H22Cl2N2O4/c1-17-16-24-26-22(28(36)34(30(24)38)14-12-18-2-6-20(32)7-3-18)10-11-23-27(26)25(17)31(39)35(29(23)37)15-13-19-4-8-21(33)9-5-19/h2-11,16H,12-15H2,1H3. The van der Waals surface area contributed by atoms with Gasteiger partial charge in [-0.2, -0.15) is 0 Å². The first-order valence-corrected chi connectivity index (χ1v) is 13.3. The van der Waals surface area contributed by atoms with Crippen molar-refractivity contribution in [3.05, 3.63) is 116 Å². The van der Waals surface area contributed by atoms with Crippen LogP contribution in [0.3, 0.4) is 0 Å². The third kappa shape index (κ3) is 4.20. The van der Waals surface area contributed by atoms with E-state index in [0.717, 1.165) is 11.1 Å². The molecule has 6 nitrogen and oxygen atoms in total. The molecule has 2 aliphatic rings. The van der Waals surface area contributed by atoms with Crippen molar-refractivity contribution in [3.63, 3.8) is 0 Å². The van der Waals surface area contributed by atoms with Gasteiger partial charge in [-0.3, -0.25) is 29.0 Å². The van der Waals surface area contributed by atoms with Crippen LogP contribution < -0.4 is 0 Å². The molecular formula is C31H22Cl2N2O4.